The van der Waals surface area contributed by atoms with Crippen LogP contribution in [0.4, 0.5) is 13.2 Å². The molecule has 0 saturated heterocycles. The number of hydrogen-bond acceptors (Lipinski definition) is 2. The van der Waals surface area contributed by atoms with E-state index in [2.05, 4.69) is 32.9 Å². The van der Waals surface area contributed by atoms with Crippen molar-refractivity contribution >= 4 is 6.08 Å². The van der Waals surface area contributed by atoms with Crippen molar-refractivity contribution in [2.75, 3.05) is 7.11 Å². The molecule has 0 bridgehead atoms. The van der Waals surface area contributed by atoms with E-state index in [0.717, 1.165) is 6.08 Å². The fourth-order valence-electron chi connectivity index (χ4n) is 2.56. The van der Waals surface area contributed by atoms with Crippen LogP contribution in [0.3, 0.4) is 0 Å². The van der Waals surface area contributed by atoms with Gasteiger partial charge in [0.1, 0.15) is 17.3 Å². The predicted octanol–water partition coefficient (Wildman–Crippen LogP) is 8.78. The van der Waals surface area contributed by atoms with E-state index in [1.54, 1.807) is 12.2 Å². The van der Waals surface area contributed by atoms with E-state index < -0.39 is 17.5 Å². The van der Waals surface area contributed by atoms with Gasteiger partial charge in [-0.2, -0.15) is 0 Å². The van der Waals surface area contributed by atoms with Crippen molar-refractivity contribution in [2.24, 2.45) is 0 Å². The number of methoxy groups -OCH3 is 1. The zero-order valence-corrected chi connectivity index (χ0v) is 20.0. The maximum Gasteiger partial charge on any atom is 0.167 e. The molecule has 0 fully saturated rings. The Balaban J connectivity index is 0.00000194. The van der Waals surface area contributed by atoms with E-state index in [1.807, 2.05) is 6.92 Å². The van der Waals surface area contributed by atoms with Crippen molar-refractivity contribution in [2.45, 2.75) is 6.92 Å². The average Bonchev–Trinajstić information content (AvgIpc) is 2.84. The molecule has 0 spiro atoms. The molecule has 0 amide bonds. The summed E-state index contributed by atoms with van der Waals surface area (Å²) in [6.45, 7) is 19.9. The van der Waals surface area contributed by atoms with Gasteiger partial charge in [-0.15, -0.1) is 6.58 Å². The number of phenols is 1. The highest BCUT2D eigenvalue weighted by Crippen LogP contribution is 2.28. The second kappa shape index (κ2) is 14.1. The Morgan fingerprint density at radius 3 is 2.09 bits per heavy atom. The number of phenolic OH excluding ortho intramolecular Hbond substituents is 1. The molecule has 182 valence electrons. The molecule has 0 aliphatic carbocycles. The van der Waals surface area contributed by atoms with Crippen LogP contribution in [0.15, 0.2) is 128 Å². The van der Waals surface area contributed by atoms with Crippen LogP contribution in [-0.4, -0.2) is 12.2 Å². The average molecular weight is 479 g/mol. The molecule has 0 radical (unpaired) electrons. The quantitative estimate of drug-likeness (QED) is 0.222. The van der Waals surface area contributed by atoms with Gasteiger partial charge in [0, 0.05) is 22.8 Å². The van der Waals surface area contributed by atoms with Gasteiger partial charge in [0.15, 0.2) is 11.6 Å². The lowest BCUT2D eigenvalue weighted by molar-refractivity contribution is 0.307. The van der Waals surface area contributed by atoms with Crippen LogP contribution < -0.4 is 0 Å². The second-order valence-electron chi connectivity index (χ2n) is 7.19. The predicted molar refractivity (Wildman–Crippen MR) is 140 cm³/mol. The Kier molecular flexibility index (Phi) is 11.6. The van der Waals surface area contributed by atoms with Gasteiger partial charge < -0.3 is 9.84 Å². The van der Waals surface area contributed by atoms with Gasteiger partial charge in [-0.3, -0.25) is 0 Å². The zero-order chi connectivity index (χ0) is 26.5. The molecule has 2 nitrogen and oxygen atoms in total. The van der Waals surface area contributed by atoms with Gasteiger partial charge in [-0.1, -0.05) is 81.0 Å². The largest absolute Gasteiger partial charge is 0.508 e. The molecule has 0 saturated carbocycles. The standard InChI is InChI=1S/C27H23F3O2.C3H6/c1-17(6-8-18(2)20(4)25(28)16-19(3)32-5)7-9-22-12-15-24(27(30)26(22)29)21-10-13-23(31)14-11-21;1-3-2/h6-16,31H,1-4H2,5H3;3H,1H2,2H3/b8-6-,9-7+,25-16+;. The fraction of sp³-hybridized carbons (Fsp3) is 0.0667. The van der Waals surface area contributed by atoms with E-state index in [1.165, 1.54) is 61.7 Å². The van der Waals surface area contributed by atoms with Crippen molar-refractivity contribution in [3.8, 4) is 16.9 Å². The lowest BCUT2D eigenvalue weighted by atomic mass is 10.0. The Bertz CT molecular complexity index is 1200. The summed E-state index contributed by atoms with van der Waals surface area (Å²) in [4.78, 5) is 0. The van der Waals surface area contributed by atoms with Gasteiger partial charge >= 0.3 is 0 Å². The Hall–Kier alpha value is -4.25. The van der Waals surface area contributed by atoms with E-state index in [4.69, 9.17) is 4.74 Å². The molecule has 0 aromatic heterocycles. The summed E-state index contributed by atoms with van der Waals surface area (Å²) in [5.41, 5.74) is 1.36. The maximum absolute atomic E-state index is 14.5. The Morgan fingerprint density at radius 1 is 0.914 bits per heavy atom. The highest BCUT2D eigenvalue weighted by molar-refractivity contribution is 5.68. The van der Waals surface area contributed by atoms with Crippen LogP contribution in [0.1, 0.15) is 12.5 Å². The topological polar surface area (TPSA) is 29.5 Å². The van der Waals surface area contributed by atoms with Gasteiger partial charge in [0.05, 0.1) is 7.11 Å². The molecular formula is C30H29F3O2. The highest BCUT2D eigenvalue weighted by atomic mass is 19.2. The first kappa shape index (κ1) is 28.8. The van der Waals surface area contributed by atoms with Crippen LogP contribution in [0.5, 0.6) is 5.75 Å². The lowest BCUT2D eigenvalue weighted by Gasteiger charge is -2.07. The van der Waals surface area contributed by atoms with Crippen LogP contribution >= 0.6 is 0 Å². The first-order valence-corrected chi connectivity index (χ1v) is 10.4. The fourth-order valence-corrected chi connectivity index (χ4v) is 2.56. The molecular weight excluding hydrogens is 449 g/mol. The first-order chi connectivity index (χ1) is 16.5. The number of halogens is 3. The van der Waals surface area contributed by atoms with Crippen molar-refractivity contribution < 1.29 is 23.0 Å². The van der Waals surface area contributed by atoms with E-state index in [0.29, 0.717) is 16.7 Å². The van der Waals surface area contributed by atoms with Crippen molar-refractivity contribution in [1.29, 1.82) is 0 Å². The van der Waals surface area contributed by atoms with Crippen molar-refractivity contribution in [1.82, 2.24) is 0 Å². The third-order valence-electron chi connectivity index (χ3n) is 4.49. The summed E-state index contributed by atoms with van der Waals surface area (Å²) in [6, 6.07) is 8.69. The summed E-state index contributed by atoms with van der Waals surface area (Å²) in [5.74, 6) is -2.47. The number of ether oxygens (including phenoxy) is 1. The summed E-state index contributed by atoms with van der Waals surface area (Å²) >= 11 is 0. The molecule has 2 aromatic carbocycles. The SMILES string of the molecule is C=C(/C=C\C(=C)C(=C)/C(F)=C\C(=C)OC)/C=C/c1ccc(-c2ccc(O)cc2)c(F)c1F.C=CC. The van der Waals surface area contributed by atoms with Crippen LogP contribution in [0.25, 0.3) is 17.2 Å². The summed E-state index contributed by atoms with van der Waals surface area (Å²) in [5, 5.41) is 9.34. The van der Waals surface area contributed by atoms with Crippen LogP contribution in [0.2, 0.25) is 0 Å². The molecule has 0 heterocycles. The maximum atomic E-state index is 14.5. The molecule has 0 atom stereocenters. The Labute approximate surface area is 205 Å². The molecule has 0 unspecified atom stereocenters. The van der Waals surface area contributed by atoms with Crippen molar-refractivity contribution in [3.63, 3.8) is 0 Å². The second-order valence-corrected chi connectivity index (χ2v) is 7.19. The molecule has 0 aliphatic rings. The molecule has 35 heavy (non-hydrogen) atoms. The number of aromatic hydroxyl groups is 1. The molecule has 5 heteroatoms. The smallest absolute Gasteiger partial charge is 0.167 e. The number of allylic oxidation sites excluding steroid dienone is 9. The minimum Gasteiger partial charge on any atom is -0.508 e. The lowest BCUT2D eigenvalue weighted by Crippen LogP contribution is -1.93. The van der Waals surface area contributed by atoms with Crippen molar-refractivity contribution in [3.05, 3.63) is 145 Å². The summed E-state index contributed by atoms with van der Waals surface area (Å²) in [7, 11) is 1.37. The first-order valence-electron chi connectivity index (χ1n) is 10.4. The van der Waals surface area contributed by atoms with E-state index >= 15 is 0 Å². The molecule has 1 N–H and O–H groups in total. The third kappa shape index (κ3) is 8.89. The molecule has 2 aromatic rings. The van der Waals surface area contributed by atoms with Gasteiger partial charge in [-0.05, 0) is 35.8 Å². The number of rotatable bonds is 9. The normalized spacial score (nSPS) is 11.1. The summed E-state index contributed by atoms with van der Waals surface area (Å²) < 4.78 is 47.9. The third-order valence-corrected chi connectivity index (χ3v) is 4.49. The van der Waals surface area contributed by atoms with Gasteiger partial charge in [0.2, 0.25) is 0 Å². The van der Waals surface area contributed by atoms with Gasteiger partial charge in [0.25, 0.3) is 0 Å². The summed E-state index contributed by atoms with van der Waals surface area (Å²) in [6.07, 6.45) is 8.76. The Morgan fingerprint density at radius 2 is 1.51 bits per heavy atom. The number of benzene rings is 2. The van der Waals surface area contributed by atoms with E-state index in [9.17, 15) is 18.3 Å². The number of hydrogen-bond donors (Lipinski definition) is 1. The van der Waals surface area contributed by atoms with Gasteiger partial charge in [-0.25, -0.2) is 13.2 Å². The minimum atomic E-state index is -1.01. The van der Waals surface area contributed by atoms with Crippen LogP contribution in [-0.2, 0) is 4.74 Å². The molecule has 2 rings (SSSR count). The highest BCUT2D eigenvalue weighted by Gasteiger charge is 2.13. The monoisotopic (exact) mass is 478 g/mol. The molecule has 0 aliphatic heterocycles. The van der Waals surface area contributed by atoms with E-state index in [-0.39, 0.29) is 28.2 Å². The minimum absolute atomic E-state index is 0.0335. The van der Waals surface area contributed by atoms with Crippen LogP contribution in [0, 0.1) is 11.6 Å². The zero-order valence-electron chi connectivity index (χ0n) is 20.0.